The van der Waals surface area contributed by atoms with E-state index in [2.05, 4.69) is 54.2 Å². The van der Waals surface area contributed by atoms with Crippen LogP contribution in [-0.2, 0) is 6.54 Å². The van der Waals surface area contributed by atoms with Gasteiger partial charge in [-0.3, -0.25) is 0 Å². The van der Waals surface area contributed by atoms with Crippen LogP contribution in [0.4, 0.5) is 0 Å². The monoisotopic (exact) mass is 664 g/mol. The number of hydrogen-bond acceptors (Lipinski definition) is 6. The second-order valence-corrected chi connectivity index (χ2v) is 13.3. The maximum atomic E-state index is 6.89. The van der Waals surface area contributed by atoms with Crippen molar-refractivity contribution in [2.24, 2.45) is 0 Å². The highest BCUT2D eigenvalue weighted by Gasteiger charge is 2.29. The Bertz CT molecular complexity index is 1610. The number of fused-ring (bicyclic) bond motifs is 1. The lowest BCUT2D eigenvalue weighted by molar-refractivity contribution is 0.149. The van der Waals surface area contributed by atoms with Gasteiger partial charge in [-0.15, -0.1) is 0 Å². The summed E-state index contributed by atoms with van der Waals surface area (Å²) in [5, 5.41) is 8.24. The standard InChI is InChI=1S/C37H46Cl2N4O3/c1-4-7-19-43-32-22-27(45-33(5-2)30-13-9-17-40-30)23-35(46-34(6-3)31-14-10-18-41-31)36(32)42-37(43)24-11-8-12-25(20-24)44-26-15-16-28(38)29(39)21-26/h8,11-12,15-16,20-23,30-31,33-34,40-41H,4-7,9-10,13-14,17-19H2,1-3H3. The molecule has 4 atom stereocenters. The van der Waals surface area contributed by atoms with Crippen LogP contribution in [0.2, 0.25) is 10.0 Å². The average molecular weight is 666 g/mol. The zero-order valence-electron chi connectivity index (χ0n) is 27.2. The maximum absolute atomic E-state index is 6.89. The lowest BCUT2D eigenvalue weighted by Crippen LogP contribution is -2.39. The van der Waals surface area contributed by atoms with Gasteiger partial charge in [-0.2, -0.15) is 0 Å². The van der Waals surface area contributed by atoms with Gasteiger partial charge in [0.15, 0.2) is 5.75 Å². The summed E-state index contributed by atoms with van der Waals surface area (Å²) in [5.74, 6) is 3.80. The molecule has 2 aliphatic heterocycles. The van der Waals surface area contributed by atoms with Gasteiger partial charge in [-0.25, -0.2) is 4.98 Å². The minimum atomic E-state index is 0.0478. The fraction of sp³-hybridized carbons (Fsp3) is 0.486. The number of rotatable bonds is 14. The van der Waals surface area contributed by atoms with Crippen molar-refractivity contribution in [3.05, 3.63) is 64.6 Å². The van der Waals surface area contributed by atoms with E-state index in [1.807, 2.05) is 24.3 Å². The molecule has 6 rings (SSSR count). The van der Waals surface area contributed by atoms with E-state index in [0.29, 0.717) is 33.6 Å². The maximum Gasteiger partial charge on any atom is 0.151 e. The second kappa shape index (κ2) is 15.3. The summed E-state index contributed by atoms with van der Waals surface area (Å²) in [5.41, 5.74) is 2.84. The first-order valence-corrected chi connectivity index (χ1v) is 17.8. The number of hydrogen-bond donors (Lipinski definition) is 2. The topological polar surface area (TPSA) is 69.6 Å². The molecular weight excluding hydrogens is 619 g/mol. The van der Waals surface area contributed by atoms with E-state index >= 15 is 0 Å². The number of nitrogens with one attached hydrogen (secondary N) is 2. The summed E-state index contributed by atoms with van der Waals surface area (Å²) < 4.78 is 22.2. The van der Waals surface area contributed by atoms with Gasteiger partial charge in [0.2, 0.25) is 0 Å². The van der Waals surface area contributed by atoms with E-state index in [4.69, 9.17) is 42.4 Å². The third kappa shape index (κ3) is 7.44. The van der Waals surface area contributed by atoms with Gasteiger partial charge < -0.3 is 29.4 Å². The number of imidazole rings is 1. The fourth-order valence-electron chi connectivity index (χ4n) is 6.76. The highest BCUT2D eigenvalue weighted by Crippen LogP contribution is 2.38. The summed E-state index contributed by atoms with van der Waals surface area (Å²) >= 11 is 12.4. The van der Waals surface area contributed by atoms with Gasteiger partial charge in [-0.1, -0.05) is 62.5 Å². The fourth-order valence-corrected chi connectivity index (χ4v) is 7.05. The number of halogens is 2. The summed E-state index contributed by atoms with van der Waals surface area (Å²) in [6.45, 7) is 9.53. The van der Waals surface area contributed by atoms with Crippen LogP contribution in [0.5, 0.6) is 23.0 Å². The van der Waals surface area contributed by atoms with E-state index in [9.17, 15) is 0 Å². The van der Waals surface area contributed by atoms with Crippen molar-refractivity contribution in [2.75, 3.05) is 13.1 Å². The van der Waals surface area contributed by atoms with Gasteiger partial charge in [0.1, 0.15) is 40.8 Å². The Morgan fingerprint density at radius 3 is 2.20 bits per heavy atom. The van der Waals surface area contributed by atoms with Crippen molar-refractivity contribution in [3.63, 3.8) is 0 Å². The van der Waals surface area contributed by atoms with Crippen LogP contribution in [0.25, 0.3) is 22.4 Å². The smallest absolute Gasteiger partial charge is 0.151 e. The van der Waals surface area contributed by atoms with Crippen LogP contribution in [0.1, 0.15) is 72.1 Å². The molecule has 4 unspecified atom stereocenters. The number of unbranched alkanes of at least 4 members (excludes halogenated alkanes) is 1. The number of aryl methyl sites for hydroxylation is 1. The lowest BCUT2D eigenvalue weighted by atomic mass is 10.1. The quantitative estimate of drug-likeness (QED) is 0.140. The first-order valence-electron chi connectivity index (χ1n) is 17.0. The van der Waals surface area contributed by atoms with Crippen molar-refractivity contribution in [3.8, 4) is 34.4 Å². The van der Waals surface area contributed by atoms with Crippen molar-refractivity contribution in [2.45, 2.75) is 103 Å². The molecule has 0 radical (unpaired) electrons. The second-order valence-electron chi connectivity index (χ2n) is 12.5. The summed E-state index contributed by atoms with van der Waals surface area (Å²) in [4.78, 5) is 5.30. The van der Waals surface area contributed by atoms with E-state index in [-0.39, 0.29) is 12.2 Å². The molecule has 3 heterocycles. The van der Waals surface area contributed by atoms with Crippen molar-refractivity contribution in [1.82, 2.24) is 20.2 Å². The summed E-state index contributed by atoms with van der Waals surface area (Å²) in [6.07, 6.45) is 8.67. The van der Waals surface area contributed by atoms with Crippen LogP contribution in [0.3, 0.4) is 0 Å². The normalized spacial score (nSPS) is 19.4. The van der Waals surface area contributed by atoms with E-state index in [1.54, 1.807) is 12.1 Å². The molecule has 0 aliphatic carbocycles. The minimum Gasteiger partial charge on any atom is -0.489 e. The molecular formula is C37H46Cl2N4O3. The zero-order chi connectivity index (χ0) is 32.0. The first-order chi connectivity index (χ1) is 22.5. The Morgan fingerprint density at radius 1 is 0.826 bits per heavy atom. The molecule has 0 amide bonds. The van der Waals surface area contributed by atoms with Crippen molar-refractivity contribution >= 4 is 34.2 Å². The van der Waals surface area contributed by atoms with Crippen LogP contribution < -0.4 is 24.8 Å². The van der Waals surface area contributed by atoms with Crippen LogP contribution in [0.15, 0.2) is 54.6 Å². The lowest BCUT2D eigenvalue weighted by Gasteiger charge is -2.26. The van der Waals surface area contributed by atoms with E-state index in [1.165, 1.54) is 12.8 Å². The zero-order valence-corrected chi connectivity index (χ0v) is 28.7. The Morgan fingerprint density at radius 2 is 1.54 bits per heavy atom. The summed E-state index contributed by atoms with van der Waals surface area (Å²) in [6, 6.07) is 18.2. The molecule has 9 heteroatoms. The minimum absolute atomic E-state index is 0.0478. The van der Waals surface area contributed by atoms with Gasteiger partial charge in [-0.05, 0) is 82.3 Å². The molecule has 3 aromatic carbocycles. The number of aromatic nitrogens is 2. The first kappa shape index (κ1) is 33.0. The largest absolute Gasteiger partial charge is 0.489 e. The van der Waals surface area contributed by atoms with Crippen molar-refractivity contribution < 1.29 is 14.2 Å². The molecule has 46 heavy (non-hydrogen) atoms. The summed E-state index contributed by atoms with van der Waals surface area (Å²) in [7, 11) is 0. The Kier molecular flexibility index (Phi) is 11.0. The molecule has 0 saturated carbocycles. The Labute approximate surface area is 282 Å². The molecule has 2 saturated heterocycles. The number of ether oxygens (including phenoxy) is 3. The molecule has 2 fully saturated rings. The third-order valence-electron chi connectivity index (χ3n) is 9.21. The molecule has 2 N–H and O–H groups in total. The van der Waals surface area contributed by atoms with Gasteiger partial charge in [0.05, 0.1) is 15.6 Å². The highest BCUT2D eigenvalue weighted by atomic mass is 35.5. The van der Waals surface area contributed by atoms with Crippen molar-refractivity contribution in [1.29, 1.82) is 0 Å². The highest BCUT2D eigenvalue weighted by molar-refractivity contribution is 6.42. The molecule has 4 aromatic rings. The average Bonchev–Trinajstić information content (AvgIpc) is 3.86. The number of nitrogens with zero attached hydrogens (tertiary/aromatic N) is 2. The molecule has 2 aliphatic rings. The van der Waals surface area contributed by atoms with Crippen LogP contribution in [-0.4, -0.2) is 46.9 Å². The molecule has 0 bridgehead atoms. The molecule has 0 spiro atoms. The van der Waals surface area contributed by atoms with Crippen LogP contribution in [0, 0.1) is 0 Å². The SMILES string of the molecule is CCCCn1c(-c2cccc(Oc3ccc(Cl)c(Cl)c3)c2)nc2c(OC(CC)C3CCCN3)cc(OC(CC)C3CCCN3)cc21. The molecule has 7 nitrogen and oxygen atoms in total. The molecule has 1 aromatic heterocycles. The number of benzene rings is 3. The van der Waals surface area contributed by atoms with E-state index < -0.39 is 0 Å². The van der Waals surface area contributed by atoms with Gasteiger partial charge in [0, 0.05) is 42.4 Å². The molecule has 246 valence electrons. The predicted octanol–water partition coefficient (Wildman–Crippen LogP) is 9.42. The third-order valence-corrected chi connectivity index (χ3v) is 9.95. The predicted molar refractivity (Wildman–Crippen MR) is 188 cm³/mol. The van der Waals surface area contributed by atoms with Gasteiger partial charge >= 0.3 is 0 Å². The van der Waals surface area contributed by atoms with Gasteiger partial charge in [0.25, 0.3) is 0 Å². The van der Waals surface area contributed by atoms with E-state index in [0.717, 1.165) is 92.1 Å². The van der Waals surface area contributed by atoms with Crippen LogP contribution >= 0.6 is 23.2 Å². The Balaban J connectivity index is 1.42. The Hall–Kier alpha value is -2.97.